The average molecular weight is 231 g/mol. The number of rotatable bonds is 3. The third kappa shape index (κ3) is 2.15. The van der Waals surface area contributed by atoms with E-state index in [4.69, 9.17) is 9.47 Å². The number of carbonyl (C=O) groups is 1. The molecule has 0 aromatic heterocycles. The third-order valence-corrected chi connectivity index (χ3v) is 2.44. The van der Waals surface area contributed by atoms with Crippen molar-refractivity contribution < 1.29 is 14.3 Å². The van der Waals surface area contributed by atoms with E-state index in [1.54, 1.807) is 7.11 Å². The minimum atomic E-state index is -0.206. The molecule has 0 unspecified atom stereocenters. The summed E-state index contributed by atoms with van der Waals surface area (Å²) < 4.78 is 10.5. The lowest BCUT2D eigenvalue weighted by atomic mass is 10.1. The van der Waals surface area contributed by atoms with Gasteiger partial charge in [0.2, 0.25) is 0 Å². The van der Waals surface area contributed by atoms with Gasteiger partial charge in [-0.1, -0.05) is 30.3 Å². The zero-order valence-electron chi connectivity index (χ0n) is 9.69. The lowest BCUT2D eigenvalue weighted by molar-refractivity contribution is -0.115. The van der Waals surface area contributed by atoms with E-state index in [1.165, 1.54) is 13.2 Å². The highest BCUT2D eigenvalue weighted by Gasteiger charge is 2.23. The minimum Gasteiger partial charge on any atom is -0.494 e. The summed E-state index contributed by atoms with van der Waals surface area (Å²) in [7, 11) is 3.08. The van der Waals surface area contributed by atoms with Gasteiger partial charge in [0.1, 0.15) is 5.70 Å². The number of hydrogen-bond donors (Lipinski definition) is 1. The van der Waals surface area contributed by atoms with E-state index in [0.29, 0.717) is 17.2 Å². The molecular weight excluding hydrogens is 218 g/mol. The van der Waals surface area contributed by atoms with Crippen molar-refractivity contribution in [3.8, 4) is 0 Å². The zero-order chi connectivity index (χ0) is 12.3. The Labute approximate surface area is 99.5 Å². The molecule has 1 aromatic rings. The fourth-order valence-electron chi connectivity index (χ4n) is 1.70. The van der Waals surface area contributed by atoms with E-state index in [9.17, 15) is 4.79 Å². The number of carbonyl (C=O) groups excluding carboxylic acids is 1. The molecule has 0 aliphatic carbocycles. The lowest BCUT2D eigenvalue weighted by Gasteiger charge is -2.12. The largest absolute Gasteiger partial charge is 0.494 e. The number of hydrogen-bond acceptors (Lipinski definition) is 3. The van der Waals surface area contributed by atoms with Crippen LogP contribution in [0, 0.1) is 0 Å². The van der Waals surface area contributed by atoms with E-state index < -0.39 is 0 Å². The number of nitrogens with one attached hydrogen (secondary N) is 1. The van der Waals surface area contributed by atoms with Crippen LogP contribution in [0.1, 0.15) is 5.56 Å². The monoisotopic (exact) mass is 231 g/mol. The Morgan fingerprint density at radius 2 is 1.88 bits per heavy atom. The Morgan fingerprint density at radius 3 is 2.47 bits per heavy atom. The molecule has 1 amide bonds. The predicted molar refractivity (Wildman–Crippen MR) is 63.6 cm³/mol. The van der Waals surface area contributed by atoms with Gasteiger partial charge < -0.3 is 14.8 Å². The molecule has 0 atom stereocenters. The first-order valence-electron chi connectivity index (χ1n) is 5.17. The molecule has 0 saturated heterocycles. The highest BCUT2D eigenvalue weighted by molar-refractivity contribution is 5.96. The molecule has 0 fully saturated rings. The van der Waals surface area contributed by atoms with Gasteiger partial charge in [-0.3, -0.25) is 4.79 Å². The minimum absolute atomic E-state index is 0.206. The number of benzene rings is 1. The van der Waals surface area contributed by atoms with Crippen molar-refractivity contribution in [2.75, 3.05) is 14.2 Å². The van der Waals surface area contributed by atoms with Crippen LogP contribution in [-0.2, 0) is 14.3 Å². The summed E-state index contributed by atoms with van der Waals surface area (Å²) >= 11 is 0. The Hall–Kier alpha value is -2.23. The maximum atomic E-state index is 11.3. The van der Waals surface area contributed by atoms with Gasteiger partial charge in [-0.15, -0.1) is 0 Å². The highest BCUT2D eigenvalue weighted by atomic mass is 16.5. The van der Waals surface area contributed by atoms with Crippen molar-refractivity contribution >= 4 is 11.7 Å². The van der Waals surface area contributed by atoms with Crippen LogP contribution < -0.4 is 5.32 Å². The molecule has 4 nitrogen and oxygen atoms in total. The van der Waals surface area contributed by atoms with Gasteiger partial charge in [0.05, 0.1) is 14.2 Å². The second-order valence-corrected chi connectivity index (χ2v) is 3.48. The van der Waals surface area contributed by atoms with Crippen molar-refractivity contribution in [1.82, 2.24) is 5.32 Å². The summed E-state index contributed by atoms with van der Waals surface area (Å²) in [6, 6.07) is 9.54. The quantitative estimate of drug-likeness (QED) is 0.805. The molecule has 1 N–H and O–H groups in total. The number of methoxy groups -OCH3 is 2. The van der Waals surface area contributed by atoms with Gasteiger partial charge in [-0.2, -0.15) is 0 Å². The van der Waals surface area contributed by atoms with Gasteiger partial charge >= 0.3 is 0 Å². The Bertz CT molecular complexity index is 489. The van der Waals surface area contributed by atoms with Gasteiger partial charge in [0, 0.05) is 11.6 Å². The maximum Gasteiger partial charge on any atom is 0.252 e. The van der Waals surface area contributed by atoms with Gasteiger partial charge in [-0.05, 0) is 0 Å². The molecule has 1 heterocycles. The van der Waals surface area contributed by atoms with Crippen LogP contribution in [0.5, 0.6) is 0 Å². The van der Waals surface area contributed by atoms with E-state index in [0.717, 1.165) is 5.56 Å². The van der Waals surface area contributed by atoms with Gasteiger partial charge in [0.25, 0.3) is 5.91 Å². The summed E-state index contributed by atoms with van der Waals surface area (Å²) in [5, 5.41) is 2.70. The van der Waals surface area contributed by atoms with Crippen molar-refractivity contribution in [3.05, 3.63) is 53.4 Å². The van der Waals surface area contributed by atoms with Crippen molar-refractivity contribution in [2.45, 2.75) is 0 Å². The Balaban J connectivity index is 2.48. The molecule has 0 bridgehead atoms. The second kappa shape index (κ2) is 4.74. The van der Waals surface area contributed by atoms with Crippen LogP contribution in [0.4, 0.5) is 0 Å². The smallest absolute Gasteiger partial charge is 0.252 e. The summed E-state index contributed by atoms with van der Waals surface area (Å²) in [4.78, 5) is 11.3. The Kier molecular flexibility index (Phi) is 3.14. The zero-order valence-corrected chi connectivity index (χ0v) is 9.69. The fourth-order valence-corrected chi connectivity index (χ4v) is 1.70. The van der Waals surface area contributed by atoms with Crippen LogP contribution in [0.15, 0.2) is 47.9 Å². The van der Waals surface area contributed by atoms with E-state index >= 15 is 0 Å². The molecule has 17 heavy (non-hydrogen) atoms. The fraction of sp³-hybridized carbons (Fsp3) is 0.154. The molecule has 1 aliphatic heterocycles. The Morgan fingerprint density at radius 1 is 1.18 bits per heavy atom. The van der Waals surface area contributed by atoms with Crippen LogP contribution >= 0.6 is 0 Å². The number of amides is 1. The third-order valence-electron chi connectivity index (χ3n) is 2.44. The molecule has 0 saturated carbocycles. The van der Waals surface area contributed by atoms with Crippen LogP contribution in [0.2, 0.25) is 0 Å². The molecule has 88 valence electrons. The summed E-state index contributed by atoms with van der Waals surface area (Å²) in [5.41, 5.74) is 1.45. The SMILES string of the molecule is COC1=CC(=O)NC1=C(OC)c1ccccc1. The first-order chi connectivity index (χ1) is 8.26. The summed E-state index contributed by atoms with van der Waals surface area (Å²) in [5.74, 6) is 0.864. The summed E-state index contributed by atoms with van der Waals surface area (Å²) in [6.07, 6.45) is 1.40. The molecule has 1 aliphatic rings. The van der Waals surface area contributed by atoms with Gasteiger partial charge in [-0.25, -0.2) is 0 Å². The highest BCUT2D eigenvalue weighted by Crippen LogP contribution is 2.25. The number of ether oxygens (including phenoxy) is 2. The summed E-state index contributed by atoms with van der Waals surface area (Å²) in [6.45, 7) is 0. The molecule has 0 spiro atoms. The van der Waals surface area contributed by atoms with E-state index in [1.807, 2.05) is 30.3 Å². The predicted octanol–water partition coefficient (Wildman–Crippen LogP) is 1.66. The molecular formula is C13H13NO3. The standard InChI is InChI=1S/C13H13NO3/c1-16-10-8-11(15)14-12(10)13(17-2)9-6-4-3-5-7-9/h3-8H,1-2H3,(H,14,15). The first-order valence-corrected chi connectivity index (χ1v) is 5.17. The van der Waals surface area contributed by atoms with Crippen LogP contribution in [0.3, 0.4) is 0 Å². The van der Waals surface area contributed by atoms with Gasteiger partial charge in [0.15, 0.2) is 11.5 Å². The topological polar surface area (TPSA) is 47.6 Å². The molecule has 4 heteroatoms. The normalized spacial score (nSPS) is 17.3. The average Bonchev–Trinajstić information content (AvgIpc) is 2.73. The van der Waals surface area contributed by atoms with Crippen molar-refractivity contribution in [3.63, 3.8) is 0 Å². The van der Waals surface area contributed by atoms with Crippen LogP contribution in [-0.4, -0.2) is 20.1 Å². The maximum absolute atomic E-state index is 11.3. The van der Waals surface area contributed by atoms with Crippen LogP contribution in [0.25, 0.3) is 5.76 Å². The lowest BCUT2D eigenvalue weighted by Crippen LogP contribution is -2.16. The van der Waals surface area contributed by atoms with Crippen molar-refractivity contribution in [1.29, 1.82) is 0 Å². The second-order valence-electron chi connectivity index (χ2n) is 3.48. The van der Waals surface area contributed by atoms with E-state index in [2.05, 4.69) is 5.32 Å². The molecule has 0 radical (unpaired) electrons. The molecule has 2 rings (SSSR count). The van der Waals surface area contributed by atoms with Crippen molar-refractivity contribution in [2.24, 2.45) is 0 Å². The molecule has 1 aromatic carbocycles. The first kappa shape index (κ1) is 11.3. The van der Waals surface area contributed by atoms with E-state index in [-0.39, 0.29) is 5.91 Å².